The molecule has 0 aromatic heterocycles. The van der Waals surface area contributed by atoms with E-state index in [1.54, 1.807) is 0 Å². The maximum atomic E-state index is 10.3. The van der Waals surface area contributed by atoms with Crippen LogP contribution in [0.2, 0.25) is 0 Å². The van der Waals surface area contributed by atoms with E-state index in [0.717, 1.165) is 0 Å². The van der Waals surface area contributed by atoms with Gasteiger partial charge in [-0.15, -0.1) is 0 Å². The van der Waals surface area contributed by atoms with Crippen LogP contribution in [0.15, 0.2) is 30.8 Å². The number of benzene rings is 1. The van der Waals surface area contributed by atoms with E-state index in [4.69, 9.17) is 5.26 Å². The number of allylic oxidation sites excluding steroid dienone is 1. The zero-order chi connectivity index (χ0) is 9.84. The Hall–Kier alpha value is -2.15. The molecule has 1 aromatic rings. The van der Waals surface area contributed by atoms with Gasteiger partial charge in [-0.05, 0) is 17.7 Å². The van der Waals surface area contributed by atoms with Crippen LogP contribution in [0.5, 0.6) is 0 Å². The number of nitriles is 1. The summed E-state index contributed by atoms with van der Waals surface area (Å²) in [5.74, 6) is 0. The van der Waals surface area contributed by atoms with Gasteiger partial charge in [0.25, 0.3) is 5.69 Å². The molecule has 0 aliphatic rings. The molecule has 0 amide bonds. The average Bonchev–Trinajstić information content (AvgIpc) is 2.17. The first-order valence-electron chi connectivity index (χ1n) is 3.49. The van der Waals surface area contributed by atoms with Crippen molar-refractivity contribution in [3.63, 3.8) is 0 Å². The summed E-state index contributed by atoms with van der Waals surface area (Å²) in [5.41, 5.74) is 0.914. The highest BCUT2D eigenvalue weighted by Crippen LogP contribution is 2.16. The van der Waals surface area contributed by atoms with E-state index in [1.165, 1.54) is 24.3 Å². The van der Waals surface area contributed by atoms with Crippen molar-refractivity contribution in [3.05, 3.63) is 46.5 Å². The van der Waals surface area contributed by atoms with Crippen molar-refractivity contribution >= 4 is 11.3 Å². The van der Waals surface area contributed by atoms with Crippen LogP contribution in [0, 0.1) is 21.4 Å². The fraction of sp³-hybridized carbons (Fsp3) is 0. The van der Waals surface area contributed by atoms with Crippen molar-refractivity contribution in [1.29, 1.82) is 5.26 Å². The number of rotatable bonds is 2. The Kier molecular flexibility index (Phi) is 2.41. The minimum absolute atomic E-state index is 0.00879. The first-order chi connectivity index (χ1) is 6.15. The molecule has 0 aliphatic heterocycles. The molecule has 4 nitrogen and oxygen atoms in total. The standard InChI is InChI=1S/C9H6N2O2/c1-7(6-10)8-2-4-9(5-3-8)11(12)13/h2-5H,1H2. The van der Waals surface area contributed by atoms with Crippen LogP contribution in [0.1, 0.15) is 5.56 Å². The second-order valence-corrected chi connectivity index (χ2v) is 2.39. The lowest BCUT2D eigenvalue weighted by molar-refractivity contribution is -0.384. The lowest BCUT2D eigenvalue weighted by Crippen LogP contribution is -1.87. The van der Waals surface area contributed by atoms with Crippen LogP contribution in [0.25, 0.3) is 5.57 Å². The summed E-state index contributed by atoms with van der Waals surface area (Å²) in [6.45, 7) is 3.49. The van der Waals surface area contributed by atoms with Gasteiger partial charge in [0.2, 0.25) is 0 Å². The summed E-state index contributed by atoms with van der Waals surface area (Å²) >= 11 is 0. The van der Waals surface area contributed by atoms with E-state index < -0.39 is 4.92 Å². The molecule has 0 saturated carbocycles. The van der Waals surface area contributed by atoms with Gasteiger partial charge in [0.1, 0.15) is 0 Å². The van der Waals surface area contributed by atoms with E-state index in [-0.39, 0.29) is 5.69 Å². The van der Waals surface area contributed by atoms with Gasteiger partial charge in [0.15, 0.2) is 0 Å². The van der Waals surface area contributed by atoms with Gasteiger partial charge in [-0.1, -0.05) is 6.58 Å². The molecule has 0 heterocycles. The number of non-ortho nitro benzene ring substituents is 1. The zero-order valence-corrected chi connectivity index (χ0v) is 6.73. The summed E-state index contributed by atoms with van der Waals surface area (Å²) in [5, 5.41) is 18.8. The van der Waals surface area contributed by atoms with E-state index in [1.807, 2.05) is 6.07 Å². The minimum atomic E-state index is -0.487. The first-order valence-corrected chi connectivity index (χ1v) is 3.49. The summed E-state index contributed by atoms with van der Waals surface area (Å²) in [6, 6.07) is 7.56. The molecule has 0 aliphatic carbocycles. The molecule has 0 atom stereocenters. The fourth-order valence-electron chi connectivity index (χ4n) is 0.849. The van der Waals surface area contributed by atoms with Gasteiger partial charge >= 0.3 is 0 Å². The van der Waals surface area contributed by atoms with Crippen LogP contribution in [0.4, 0.5) is 5.69 Å². The molecular weight excluding hydrogens is 168 g/mol. The van der Waals surface area contributed by atoms with Gasteiger partial charge in [0, 0.05) is 12.1 Å². The smallest absolute Gasteiger partial charge is 0.258 e. The van der Waals surface area contributed by atoms with Gasteiger partial charge in [-0.2, -0.15) is 5.26 Å². The van der Waals surface area contributed by atoms with Crippen LogP contribution >= 0.6 is 0 Å². The summed E-state index contributed by atoms with van der Waals surface area (Å²) in [7, 11) is 0. The Labute approximate surface area is 74.9 Å². The zero-order valence-electron chi connectivity index (χ0n) is 6.73. The molecule has 0 unspecified atom stereocenters. The molecule has 13 heavy (non-hydrogen) atoms. The molecule has 0 fully saturated rings. The van der Waals surface area contributed by atoms with Crippen molar-refractivity contribution in [2.75, 3.05) is 0 Å². The second-order valence-electron chi connectivity index (χ2n) is 2.39. The quantitative estimate of drug-likeness (QED) is 0.392. The van der Waals surface area contributed by atoms with Crippen LogP contribution in [-0.2, 0) is 0 Å². The van der Waals surface area contributed by atoms with Gasteiger partial charge in [-0.25, -0.2) is 0 Å². The summed E-state index contributed by atoms with van der Waals surface area (Å²) in [4.78, 5) is 9.78. The maximum absolute atomic E-state index is 10.3. The fourth-order valence-corrected chi connectivity index (χ4v) is 0.849. The molecule has 1 rings (SSSR count). The molecule has 0 saturated heterocycles. The Morgan fingerprint density at radius 2 is 2.00 bits per heavy atom. The Morgan fingerprint density at radius 3 is 2.38 bits per heavy atom. The Morgan fingerprint density at radius 1 is 1.46 bits per heavy atom. The third-order valence-corrected chi connectivity index (χ3v) is 1.56. The molecule has 64 valence electrons. The lowest BCUT2D eigenvalue weighted by Gasteiger charge is -1.95. The summed E-state index contributed by atoms with van der Waals surface area (Å²) in [6.07, 6.45) is 0. The van der Waals surface area contributed by atoms with Gasteiger partial charge in [0.05, 0.1) is 16.6 Å². The normalized spacial score (nSPS) is 8.85. The average molecular weight is 174 g/mol. The van der Waals surface area contributed by atoms with Gasteiger partial charge < -0.3 is 0 Å². The topological polar surface area (TPSA) is 66.9 Å². The largest absolute Gasteiger partial charge is 0.269 e. The van der Waals surface area contributed by atoms with E-state index >= 15 is 0 Å². The van der Waals surface area contributed by atoms with E-state index in [2.05, 4.69) is 6.58 Å². The predicted molar refractivity (Wildman–Crippen MR) is 47.7 cm³/mol. The monoisotopic (exact) mass is 174 g/mol. The minimum Gasteiger partial charge on any atom is -0.258 e. The number of hydrogen-bond donors (Lipinski definition) is 0. The van der Waals surface area contributed by atoms with E-state index in [0.29, 0.717) is 11.1 Å². The molecule has 0 radical (unpaired) electrons. The van der Waals surface area contributed by atoms with Crippen molar-refractivity contribution < 1.29 is 4.92 Å². The van der Waals surface area contributed by atoms with Crippen molar-refractivity contribution in [2.24, 2.45) is 0 Å². The number of nitro groups is 1. The maximum Gasteiger partial charge on any atom is 0.269 e. The number of hydrogen-bond acceptors (Lipinski definition) is 3. The summed E-state index contributed by atoms with van der Waals surface area (Å²) < 4.78 is 0. The highest BCUT2D eigenvalue weighted by atomic mass is 16.6. The van der Waals surface area contributed by atoms with Crippen LogP contribution in [-0.4, -0.2) is 4.92 Å². The molecular formula is C9H6N2O2. The molecule has 0 spiro atoms. The Balaban J connectivity index is 3.02. The highest BCUT2D eigenvalue weighted by Gasteiger charge is 2.04. The first kappa shape index (κ1) is 8.94. The lowest BCUT2D eigenvalue weighted by atomic mass is 10.1. The molecule has 1 aromatic carbocycles. The number of nitrogens with zero attached hydrogens (tertiary/aromatic N) is 2. The Bertz CT molecular complexity index is 387. The molecule has 0 N–H and O–H groups in total. The van der Waals surface area contributed by atoms with Crippen LogP contribution < -0.4 is 0 Å². The predicted octanol–water partition coefficient (Wildman–Crippen LogP) is 2.13. The highest BCUT2D eigenvalue weighted by molar-refractivity contribution is 5.74. The van der Waals surface area contributed by atoms with Crippen molar-refractivity contribution in [2.45, 2.75) is 0 Å². The van der Waals surface area contributed by atoms with Crippen molar-refractivity contribution in [3.8, 4) is 6.07 Å². The third-order valence-electron chi connectivity index (χ3n) is 1.56. The second kappa shape index (κ2) is 3.50. The van der Waals surface area contributed by atoms with Gasteiger partial charge in [-0.3, -0.25) is 10.1 Å². The van der Waals surface area contributed by atoms with Crippen LogP contribution in [0.3, 0.4) is 0 Å². The molecule has 0 bridgehead atoms. The van der Waals surface area contributed by atoms with Crippen molar-refractivity contribution in [1.82, 2.24) is 0 Å². The SMILES string of the molecule is C=C(C#N)c1ccc([N+](=O)[O-])cc1. The molecule has 4 heteroatoms. The third kappa shape index (κ3) is 1.91. The number of nitro benzene ring substituents is 1. The van der Waals surface area contributed by atoms with E-state index in [9.17, 15) is 10.1 Å².